The predicted octanol–water partition coefficient (Wildman–Crippen LogP) is -0.746. The molecule has 0 radical (unpaired) electrons. The van der Waals surface area contributed by atoms with E-state index < -0.39 is 0 Å². The molecule has 18 heavy (non-hydrogen) atoms. The number of carbonyl (C=O) groups excluding carboxylic acids is 2. The number of likely N-dealkylation sites (N-methyl/N-ethyl adjacent to an activating group) is 1. The lowest BCUT2D eigenvalue weighted by molar-refractivity contribution is -0.147. The molecule has 1 rings (SSSR count). The number of methoxy groups -OCH3 is 1. The second-order valence-corrected chi connectivity index (χ2v) is 4.80. The number of ether oxygens (including phenoxy) is 1. The molecule has 6 heteroatoms. The molecule has 1 heterocycles. The molecule has 1 atom stereocenters. The number of piperazine rings is 1. The molecule has 1 aliphatic heterocycles. The topological polar surface area (TPSA) is 53.1 Å². The Kier molecular flexibility index (Phi) is 5.55. The number of rotatable bonds is 4. The zero-order valence-electron chi connectivity index (χ0n) is 11.7. The largest absolute Gasteiger partial charge is 0.468 e. The van der Waals surface area contributed by atoms with Crippen molar-refractivity contribution in [1.82, 2.24) is 14.7 Å². The van der Waals surface area contributed by atoms with Crippen LogP contribution in [0.4, 0.5) is 0 Å². The van der Waals surface area contributed by atoms with Gasteiger partial charge in [-0.3, -0.25) is 19.4 Å². The molecule has 0 N–H and O–H groups in total. The Bertz CT molecular complexity index is 299. The first-order chi connectivity index (χ1) is 8.45. The lowest BCUT2D eigenvalue weighted by atomic mass is 10.2. The van der Waals surface area contributed by atoms with Crippen LogP contribution in [0.5, 0.6) is 0 Å². The molecule has 1 saturated heterocycles. The summed E-state index contributed by atoms with van der Waals surface area (Å²) < 4.78 is 4.73. The van der Waals surface area contributed by atoms with Gasteiger partial charge in [0, 0.05) is 40.3 Å². The highest BCUT2D eigenvalue weighted by atomic mass is 16.5. The second kappa shape index (κ2) is 6.70. The van der Waals surface area contributed by atoms with E-state index in [1.54, 1.807) is 19.0 Å². The molecule has 0 aromatic heterocycles. The highest BCUT2D eigenvalue weighted by Crippen LogP contribution is 2.07. The molecule has 1 amide bonds. The Balaban J connectivity index is 2.37. The van der Waals surface area contributed by atoms with Crippen molar-refractivity contribution in [2.24, 2.45) is 0 Å². The fraction of sp³-hybridized carbons (Fsp3) is 0.833. The van der Waals surface area contributed by atoms with Crippen LogP contribution in [0.3, 0.4) is 0 Å². The van der Waals surface area contributed by atoms with Gasteiger partial charge in [-0.05, 0) is 6.92 Å². The summed E-state index contributed by atoms with van der Waals surface area (Å²) in [6.07, 6.45) is 0. The van der Waals surface area contributed by atoms with Gasteiger partial charge in [0.05, 0.1) is 13.7 Å². The molecule has 0 aliphatic carbocycles. The summed E-state index contributed by atoms with van der Waals surface area (Å²) in [5, 5.41) is 0. The molecular formula is C12H23N3O3. The van der Waals surface area contributed by atoms with E-state index >= 15 is 0 Å². The third-order valence-electron chi connectivity index (χ3n) is 3.35. The summed E-state index contributed by atoms with van der Waals surface area (Å²) in [7, 11) is 4.93. The highest BCUT2D eigenvalue weighted by Gasteiger charge is 2.26. The minimum atomic E-state index is -0.207. The van der Waals surface area contributed by atoms with Crippen LogP contribution in [-0.4, -0.2) is 86.5 Å². The molecule has 0 saturated carbocycles. The molecule has 104 valence electrons. The Labute approximate surface area is 108 Å². The van der Waals surface area contributed by atoms with E-state index in [1.165, 1.54) is 7.11 Å². The van der Waals surface area contributed by atoms with Crippen LogP contribution in [0, 0.1) is 0 Å². The average molecular weight is 257 g/mol. The third-order valence-corrected chi connectivity index (χ3v) is 3.35. The lowest BCUT2D eigenvalue weighted by Gasteiger charge is -2.36. The Morgan fingerprint density at radius 3 is 2.22 bits per heavy atom. The van der Waals surface area contributed by atoms with E-state index in [-0.39, 0.29) is 17.9 Å². The fourth-order valence-corrected chi connectivity index (χ4v) is 1.96. The van der Waals surface area contributed by atoms with E-state index in [1.807, 2.05) is 6.92 Å². The van der Waals surface area contributed by atoms with Crippen LogP contribution < -0.4 is 0 Å². The number of carbonyl (C=O) groups is 2. The highest BCUT2D eigenvalue weighted by molar-refractivity contribution is 5.77. The fourth-order valence-electron chi connectivity index (χ4n) is 1.96. The van der Waals surface area contributed by atoms with Gasteiger partial charge in [0.25, 0.3) is 0 Å². The quantitative estimate of drug-likeness (QED) is 0.621. The number of nitrogens with zero attached hydrogens (tertiary/aromatic N) is 3. The zero-order valence-corrected chi connectivity index (χ0v) is 11.7. The summed E-state index contributed by atoms with van der Waals surface area (Å²) in [5.41, 5.74) is 0. The Morgan fingerprint density at radius 2 is 1.78 bits per heavy atom. The van der Waals surface area contributed by atoms with Crippen LogP contribution in [0.25, 0.3) is 0 Å². The first-order valence-electron chi connectivity index (χ1n) is 6.20. The Morgan fingerprint density at radius 1 is 1.22 bits per heavy atom. The van der Waals surface area contributed by atoms with Crippen molar-refractivity contribution < 1.29 is 14.3 Å². The van der Waals surface area contributed by atoms with Gasteiger partial charge in [-0.25, -0.2) is 0 Å². The normalized spacial score (nSPS) is 19.3. The summed E-state index contributed by atoms with van der Waals surface area (Å²) >= 11 is 0. The Hall–Kier alpha value is -1.14. The summed E-state index contributed by atoms with van der Waals surface area (Å²) in [4.78, 5) is 28.8. The van der Waals surface area contributed by atoms with Gasteiger partial charge in [0.2, 0.25) is 5.91 Å². The maximum absolute atomic E-state index is 11.6. The van der Waals surface area contributed by atoms with E-state index in [0.717, 1.165) is 26.2 Å². The van der Waals surface area contributed by atoms with E-state index in [9.17, 15) is 9.59 Å². The molecule has 6 nitrogen and oxygen atoms in total. The standard InChI is InChI=1S/C12H23N3O3/c1-10(12(17)18-4)15-7-5-14(6-8-15)9-11(16)13(2)3/h10H,5-9H2,1-4H3. The molecule has 1 unspecified atom stereocenters. The van der Waals surface area contributed by atoms with Crippen molar-refractivity contribution >= 4 is 11.9 Å². The summed E-state index contributed by atoms with van der Waals surface area (Å²) in [5.74, 6) is -0.0858. The number of esters is 1. The maximum atomic E-state index is 11.6. The minimum Gasteiger partial charge on any atom is -0.468 e. The first-order valence-corrected chi connectivity index (χ1v) is 6.20. The molecule has 1 aliphatic rings. The van der Waals surface area contributed by atoms with Crippen molar-refractivity contribution in [3.63, 3.8) is 0 Å². The zero-order chi connectivity index (χ0) is 13.7. The van der Waals surface area contributed by atoms with Gasteiger partial charge in [-0.2, -0.15) is 0 Å². The van der Waals surface area contributed by atoms with Gasteiger partial charge in [0.1, 0.15) is 6.04 Å². The van der Waals surface area contributed by atoms with Crippen molar-refractivity contribution in [2.75, 3.05) is 53.9 Å². The predicted molar refractivity (Wildman–Crippen MR) is 68.2 cm³/mol. The van der Waals surface area contributed by atoms with E-state index in [4.69, 9.17) is 4.74 Å². The van der Waals surface area contributed by atoms with Crippen molar-refractivity contribution in [3.05, 3.63) is 0 Å². The van der Waals surface area contributed by atoms with Crippen LogP contribution in [-0.2, 0) is 14.3 Å². The first kappa shape index (κ1) is 14.9. The van der Waals surface area contributed by atoms with Crippen molar-refractivity contribution in [2.45, 2.75) is 13.0 Å². The molecule has 0 aromatic rings. The third kappa shape index (κ3) is 3.96. The number of amides is 1. The van der Waals surface area contributed by atoms with Crippen LogP contribution in [0.2, 0.25) is 0 Å². The molecule has 0 aromatic carbocycles. The summed E-state index contributed by atoms with van der Waals surface area (Å²) in [6, 6.07) is -0.207. The van der Waals surface area contributed by atoms with Crippen molar-refractivity contribution in [1.29, 1.82) is 0 Å². The summed E-state index contributed by atoms with van der Waals surface area (Å²) in [6.45, 7) is 5.50. The van der Waals surface area contributed by atoms with E-state index in [0.29, 0.717) is 6.54 Å². The average Bonchev–Trinajstić information content (AvgIpc) is 2.37. The van der Waals surface area contributed by atoms with Gasteiger partial charge in [-0.15, -0.1) is 0 Å². The number of hydrogen-bond acceptors (Lipinski definition) is 5. The van der Waals surface area contributed by atoms with Gasteiger partial charge >= 0.3 is 5.97 Å². The molecule has 1 fully saturated rings. The second-order valence-electron chi connectivity index (χ2n) is 4.80. The monoisotopic (exact) mass is 257 g/mol. The minimum absolute atomic E-state index is 0.115. The SMILES string of the molecule is COC(=O)C(C)N1CCN(CC(=O)N(C)C)CC1. The molecule has 0 spiro atoms. The molecule has 0 bridgehead atoms. The van der Waals surface area contributed by atoms with Crippen molar-refractivity contribution in [3.8, 4) is 0 Å². The van der Waals surface area contributed by atoms with Crippen LogP contribution in [0.1, 0.15) is 6.92 Å². The molecular weight excluding hydrogens is 234 g/mol. The van der Waals surface area contributed by atoms with Gasteiger partial charge in [-0.1, -0.05) is 0 Å². The van der Waals surface area contributed by atoms with Gasteiger partial charge < -0.3 is 9.64 Å². The van der Waals surface area contributed by atoms with Crippen LogP contribution >= 0.6 is 0 Å². The lowest BCUT2D eigenvalue weighted by Crippen LogP contribution is -2.53. The van der Waals surface area contributed by atoms with E-state index in [2.05, 4.69) is 9.80 Å². The number of hydrogen-bond donors (Lipinski definition) is 0. The smallest absolute Gasteiger partial charge is 0.322 e. The maximum Gasteiger partial charge on any atom is 0.322 e. The van der Waals surface area contributed by atoms with Crippen LogP contribution in [0.15, 0.2) is 0 Å². The van der Waals surface area contributed by atoms with Gasteiger partial charge in [0.15, 0.2) is 0 Å².